The van der Waals surface area contributed by atoms with Gasteiger partial charge in [0, 0.05) is 19.4 Å². The van der Waals surface area contributed by atoms with Crippen LogP contribution in [-0.4, -0.2) is 30.3 Å². The van der Waals surface area contributed by atoms with E-state index in [1.807, 2.05) is 0 Å². The maximum Gasteiger partial charge on any atom is 0.407 e. The molecule has 5 nitrogen and oxygen atoms in total. The van der Waals surface area contributed by atoms with Gasteiger partial charge in [0.1, 0.15) is 0 Å². The number of carbonyl (C=O) groups is 2. The number of aliphatic carboxylic acids is 1. The van der Waals surface area contributed by atoms with E-state index >= 15 is 0 Å². The molecule has 2 unspecified atom stereocenters. The molecule has 1 fully saturated rings. The fraction of sp³-hybridized carbons (Fsp3) is 0.733. The Morgan fingerprint density at radius 2 is 1.90 bits per heavy atom. The number of carboxylic acids is 1. The van der Waals surface area contributed by atoms with Gasteiger partial charge in [-0.3, -0.25) is 4.79 Å². The van der Waals surface area contributed by atoms with E-state index in [0.717, 1.165) is 25.7 Å². The molecule has 110 valence electrons. The predicted molar refractivity (Wildman–Crippen MR) is 72.9 cm³/mol. The Hall–Kier alpha value is -1.70. The molecule has 0 radical (unpaired) electrons. The minimum Gasteiger partial charge on any atom is -0.481 e. The number of amides is 1. The molecule has 2 rings (SSSR count). The van der Waals surface area contributed by atoms with E-state index in [1.165, 1.54) is 0 Å². The molecule has 2 aliphatic rings. The number of rotatable bonds is 5. The Labute approximate surface area is 119 Å². The molecule has 0 aromatic heterocycles. The van der Waals surface area contributed by atoms with E-state index < -0.39 is 18.0 Å². The van der Waals surface area contributed by atoms with Crippen molar-refractivity contribution in [2.75, 3.05) is 13.2 Å². The summed E-state index contributed by atoms with van der Waals surface area (Å²) in [7, 11) is 0. The standard InChI is InChI=1S/C15H21NO4/c1-10(14(17)18)8-16-15(19)20-9-13-11-6-4-2-3-5-7-12(11)13/h10-13H,4-9H2,1H3,(H,16,19)(H,17,18)/t10?,11-,12+,13?. The molecule has 1 saturated carbocycles. The average molecular weight is 279 g/mol. The topological polar surface area (TPSA) is 75.6 Å². The maximum atomic E-state index is 11.5. The Morgan fingerprint density at radius 3 is 2.45 bits per heavy atom. The lowest BCUT2D eigenvalue weighted by Crippen LogP contribution is -2.32. The molecular weight excluding hydrogens is 258 g/mol. The highest BCUT2D eigenvalue weighted by Crippen LogP contribution is 2.52. The summed E-state index contributed by atoms with van der Waals surface area (Å²) in [6, 6.07) is 0. The summed E-state index contributed by atoms with van der Waals surface area (Å²) in [5.41, 5.74) is 0. The normalized spacial score (nSPS) is 28.8. The zero-order valence-corrected chi connectivity index (χ0v) is 11.7. The summed E-state index contributed by atoms with van der Waals surface area (Å²) in [5, 5.41) is 11.2. The van der Waals surface area contributed by atoms with Crippen LogP contribution in [0.15, 0.2) is 0 Å². The Bertz CT molecular complexity index is 419. The van der Waals surface area contributed by atoms with E-state index in [2.05, 4.69) is 17.2 Å². The van der Waals surface area contributed by atoms with E-state index in [0.29, 0.717) is 24.4 Å². The second-order valence-electron chi connectivity index (χ2n) is 5.64. The van der Waals surface area contributed by atoms with Crippen LogP contribution in [0.3, 0.4) is 0 Å². The van der Waals surface area contributed by atoms with Gasteiger partial charge in [0.15, 0.2) is 0 Å². The van der Waals surface area contributed by atoms with Crippen LogP contribution in [0, 0.1) is 35.5 Å². The molecule has 2 N–H and O–H groups in total. The molecule has 1 amide bonds. The van der Waals surface area contributed by atoms with Crippen LogP contribution in [0.1, 0.15) is 32.6 Å². The van der Waals surface area contributed by atoms with Crippen molar-refractivity contribution in [1.29, 1.82) is 0 Å². The van der Waals surface area contributed by atoms with E-state index in [9.17, 15) is 9.59 Å². The van der Waals surface area contributed by atoms with Gasteiger partial charge in [-0.05, 0) is 30.6 Å². The van der Waals surface area contributed by atoms with Crippen LogP contribution in [0.4, 0.5) is 4.79 Å². The number of carboxylic acid groups (broad SMARTS) is 1. The fourth-order valence-corrected chi connectivity index (χ4v) is 2.83. The van der Waals surface area contributed by atoms with Gasteiger partial charge in [0.25, 0.3) is 0 Å². The highest BCUT2D eigenvalue weighted by atomic mass is 16.5. The molecule has 0 bridgehead atoms. The summed E-state index contributed by atoms with van der Waals surface area (Å²) < 4.78 is 5.19. The van der Waals surface area contributed by atoms with Crippen LogP contribution in [-0.2, 0) is 9.53 Å². The van der Waals surface area contributed by atoms with Crippen molar-refractivity contribution in [2.24, 2.45) is 23.7 Å². The van der Waals surface area contributed by atoms with E-state index in [4.69, 9.17) is 9.84 Å². The third kappa shape index (κ3) is 3.89. The van der Waals surface area contributed by atoms with E-state index in [-0.39, 0.29) is 6.54 Å². The molecular formula is C15H21NO4. The SMILES string of the molecule is CC(CNC(=O)OCC1[C@H]2CCC#CCC[C@@H]12)C(=O)O. The van der Waals surface area contributed by atoms with Crippen LogP contribution in [0.5, 0.6) is 0 Å². The summed E-state index contributed by atoms with van der Waals surface area (Å²) in [6.45, 7) is 2.08. The minimum atomic E-state index is -0.925. The average Bonchev–Trinajstić information content (AvgIpc) is 3.03. The largest absolute Gasteiger partial charge is 0.481 e. The molecule has 4 atom stereocenters. The Balaban J connectivity index is 1.64. The van der Waals surface area contributed by atoms with Crippen molar-refractivity contribution in [3.8, 4) is 11.8 Å². The number of carbonyl (C=O) groups excluding carboxylic acids is 1. The lowest BCUT2D eigenvalue weighted by atomic mass is 10.1. The number of ether oxygens (including phenoxy) is 1. The van der Waals surface area contributed by atoms with Crippen LogP contribution < -0.4 is 5.32 Å². The van der Waals surface area contributed by atoms with Crippen LogP contribution in [0.25, 0.3) is 0 Å². The van der Waals surface area contributed by atoms with Crippen molar-refractivity contribution in [1.82, 2.24) is 5.32 Å². The van der Waals surface area contributed by atoms with Crippen molar-refractivity contribution < 1.29 is 19.4 Å². The number of alkyl carbamates (subject to hydrolysis) is 1. The molecule has 0 saturated heterocycles. The highest BCUT2D eigenvalue weighted by Gasteiger charge is 2.49. The predicted octanol–water partition coefficient (Wildman–Crippen LogP) is 1.87. The highest BCUT2D eigenvalue weighted by molar-refractivity contribution is 5.72. The third-order valence-electron chi connectivity index (χ3n) is 4.22. The Morgan fingerprint density at radius 1 is 1.30 bits per heavy atom. The van der Waals surface area contributed by atoms with Gasteiger partial charge in [-0.2, -0.15) is 0 Å². The third-order valence-corrected chi connectivity index (χ3v) is 4.22. The number of hydrogen-bond acceptors (Lipinski definition) is 3. The van der Waals surface area contributed by atoms with Crippen molar-refractivity contribution in [3.05, 3.63) is 0 Å². The second kappa shape index (κ2) is 6.65. The first kappa shape index (κ1) is 14.7. The quantitative estimate of drug-likeness (QED) is 0.753. The van der Waals surface area contributed by atoms with Gasteiger partial charge in [-0.1, -0.05) is 6.92 Å². The lowest BCUT2D eigenvalue weighted by molar-refractivity contribution is -0.140. The summed E-state index contributed by atoms with van der Waals surface area (Å²) >= 11 is 0. The maximum absolute atomic E-state index is 11.5. The van der Waals surface area contributed by atoms with E-state index in [1.54, 1.807) is 6.92 Å². The summed E-state index contributed by atoms with van der Waals surface area (Å²) in [4.78, 5) is 22.1. The van der Waals surface area contributed by atoms with Crippen molar-refractivity contribution in [2.45, 2.75) is 32.6 Å². The fourth-order valence-electron chi connectivity index (χ4n) is 2.83. The zero-order chi connectivity index (χ0) is 14.5. The molecule has 0 aromatic carbocycles. The molecule has 0 aromatic rings. The number of hydrogen-bond donors (Lipinski definition) is 2. The van der Waals surface area contributed by atoms with Crippen molar-refractivity contribution >= 4 is 12.1 Å². The second-order valence-corrected chi connectivity index (χ2v) is 5.64. The lowest BCUT2D eigenvalue weighted by Gasteiger charge is -2.09. The summed E-state index contributed by atoms with van der Waals surface area (Å²) in [5.74, 6) is 6.52. The molecule has 0 aliphatic heterocycles. The van der Waals surface area contributed by atoms with Crippen LogP contribution in [0.2, 0.25) is 0 Å². The molecule has 0 spiro atoms. The van der Waals surface area contributed by atoms with Gasteiger partial charge >= 0.3 is 12.1 Å². The Kier molecular flexibility index (Phi) is 4.89. The minimum absolute atomic E-state index is 0.0968. The first-order chi connectivity index (χ1) is 9.59. The first-order valence-electron chi connectivity index (χ1n) is 7.18. The van der Waals surface area contributed by atoms with Gasteiger partial charge in [0.2, 0.25) is 0 Å². The number of nitrogens with one attached hydrogen (secondary N) is 1. The first-order valence-corrected chi connectivity index (χ1v) is 7.18. The molecule has 20 heavy (non-hydrogen) atoms. The molecule has 2 aliphatic carbocycles. The molecule has 5 heteroatoms. The van der Waals surface area contributed by atoms with Gasteiger partial charge in [-0.15, -0.1) is 11.8 Å². The van der Waals surface area contributed by atoms with Gasteiger partial charge in [0.05, 0.1) is 12.5 Å². The van der Waals surface area contributed by atoms with Gasteiger partial charge in [-0.25, -0.2) is 4.79 Å². The van der Waals surface area contributed by atoms with Crippen molar-refractivity contribution in [3.63, 3.8) is 0 Å². The monoisotopic (exact) mass is 279 g/mol. The molecule has 0 heterocycles. The summed E-state index contributed by atoms with van der Waals surface area (Å²) in [6.07, 6.45) is 3.57. The zero-order valence-electron chi connectivity index (χ0n) is 11.7. The smallest absolute Gasteiger partial charge is 0.407 e. The number of fused-ring (bicyclic) bond motifs is 1. The van der Waals surface area contributed by atoms with Gasteiger partial charge < -0.3 is 15.2 Å². The van der Waals surface area contributed by atoms with Crippen LogP contribution >= 0.6 is 0 Å².